The summed E-state index contributed by atoms with van der Waals surface area (Å²) >= 11 is 0. The first-order valence-corrected chi connectivity index (χ1v) is 9.12. The second kappa shape index (κ2) is 7.17. The molecular formula is C19H24N4O3. The molecule has 2 fully saturated rings. The number of pyridine rings is 1. The predicted molar refractivity (Wildman–Crippen MR) is 94.6 cm³/mol. The van der Waals surface area contributed by atoms with Crippen molar-refractivity contribution >= 4 is 5.91 Å². The van der Waals surface area contributed by atoms with Crippen LogP contribution in [0.2, 0.25) is 0 Å². The highest BCUT2D eigenvalue weighted by molar-refractivity contribution is 5.94. The lowest BCUT2D eigenvalue weighted by molar-refractivity contribution is -0.134. The first kappa shape index (κ1) is 17.2. The van der Waals surface area contributed by atoms with Crippen molar-refractivity contribution in [2.45, 2.75) is 31.9 Å². The molecule has 0 radical (unpaired) electrons. The Morgan fingerprint density at radius 3 is 2.81 bits per heavy atom. The van der Waals surface area contributed by atoms with Crippen LogP contribution in [-0.2, 0) is 11.3 Å². The Hall–Kier alpha value is -2.25. The van der Waals surface area contributed by atoms with Gasteiger partial charge in [-0.3, -0.25) is 14.7 Å². The van der Waals surface area contributed by atoms with Gasteiger partial charge >= 0.3 is 0 Å². The molecule has 7 nitrogen and oxygen atoms in total. The van der Waals surface area contributed by atoms with Crippen LogP contribution in [-0.4, -0.2) is 64.2 Å². The highest BCUT2D eigenvalue weighted by atomic mass is 16.5. The van der Waals surface area contributed by atoms with Crippen molar-refractivity contribution in [1.29, 1.82) is 0 Å². The maximum atomic E-state index is 12.6. The van der Waals surface area contributed by atoms with Gasteiger partial charge in [0.1, 0.15) is 11.3 Å². The van der Waals surface area contributed by atoms with E-state index in [-0.39, 0.29) is 11.5 Å². The Morgan fingerprint density at radius 2 is 2.12 bits per heavy atom. The largest absolute Gasteiger partial charge is 0.372 e. The van der Waals surface area contributed by atoms with Crippen LogP contribution in [0.5, 0.6) is 0 Å². The molecule has 2 saturated heterocycles. The number of ether oxygens (including phenoxy) is 1. The van der Waals surface area contributed by atoms with Gasteiger partial charge in [0.15, 0.2) is 0 Å². The van der Waals surface area contributed by atoms with E-state index >= 15 is 0 Å². The van der Waals surface area contributed by atoms with Crippen molar-refractivity contribution < 1.29 is 14.1 Å². The number of carbonyl (C=O) groups is 1. The fourth-order valence-electron chi connectivity index (χ4n) is 3.87. The second-order valence-corrected chi connectivity index (χ2v) is 7.15. The summed E-state index contributed by atoms with van der Waals surface area (Å²) in [5, 5.41) is 3.71. The molecule has 2 aromatic heterocycles. The monoisotopic (exact) mass is 356 g/mol. The molecule has 0 saturated carbocycles. The summed E-state index contributed by atoms with van der Waals surface area (Å²) in [6.07, 6.45) is 5.04. The lowest BCUT2D eigenvalue weighted by Crippen LogP contribution is -2.57. The third-order valence-electron chi connectivity index (χ3n) is 5.38. The van der Waals surface area contributed by atoms with Crippen LogP contribution in [0, 0.1) is 6.92 Å². The zero-order valence-corrected chi connectivity index (χ0v) is 15.1. The molecule has 0 N–H and O–H groups in total. The molecule has 0 atom stereocenters. The molecule has 4 heterocycles. The van der Waals surface area contributed by atoms with Gasteiger partial charge in [-0.25, -0.2) is 0 Å². The fraction of sp³-hybridized carbons (Fsp3) is 0.526. The van der Waals surface area contributed by atoms with Gasteiger partial charge in [0.25, 0.3) is 5.91 Å². The number of morpholine rings is 1. The molecule has 2 aliphatic heterocycles. The number of hydrogen-bond donors (Lipinski definition) is 0. The second-order valence-electron chi connectivity index (χ2n) is 7.15. The standard InChI is InChI=1S/C19H24N4O3/c1-15-17(12-21-26-15)18(24)23-8-5-19(6-9-23)14-22(10-11-25-19)13-16-4-2-3-7-20-16/h2-4,7,12H,5-6,8-11,13-14H2,1H3. The Balaban J connectivity index is 1.37. The molecule has 0 unspecified atom stereocenters. The van der Waals surface area contributed by atoms with Crippen molar-refractivity contribution in [1.82, 2.24) is 19.9 Å². The van der Waals surface area contributed by atoms with Gasteiger partial charge in [-0.05, 0) is 31.9 Å². The van der Waals surface area contributed by atoms with Gasteiger partial charge in [-0.2, -0.15) is 0 Å². The van der Waals surface area contributed by atoms with E-state index in [1.54, 1.807) is 6.92 Å². The molecular weight excluding hydrogens is 332 g/mol. The van der Waals surface area contributed by atoms with Crippen LogP contribution in [0.4, 0.5) is 0 Å². The van der Waals surface area contributed by atoms with Crippen LogP contribution in [0.3, 0.4) is 0 Å². The maximum absolute atomic E-state index is 12.6. The first-order chi connectivity index (χ1) is 12.7. The summed E-state index contributed by atoms with van der Waals surface area (Å²) in [5.74, 6) is 0.575. The Morgan fingerprint density at radius 1 is 1.27 bits per heavy atom. The summed E-state index contributed by atoms with van der Waals surface area (Å²) in [6, 6.07) is 6.02. The lowest BCUT2D eigenvalue weighted by Gasteiger charge is -2.47. The van der Waals surface area contributed by atoms with Gasteiger partial charge in [-0.1, -0.05) is 11.2 Å². The van der Waals surface area contributed by atoms with Crippen LogP contribution < -0.4 is 0 Å². The summed E-state index contributed by atoms with van der Waals surface area (Å²) in [7, 11) is 0. The van der Waals surface area contributed by atoms with Crippen molar-refractivity contribution in [2.75, 3.05) is 32.8 Å². The van der Waals surface area contributed by atoms with Crippen molar-refractivity contribution in [2.24, 2.45) is 0 Å². The number of aromatic nitrogens is 2. The highest BCUT2D eigenvalue weighted by Gasteiger charge is 2.41. The minimum atomic E-state index is -0.159. The van der Waals surface area contributed by atoms with E-state index in [0.717, 1.165) is 44.8 Å². The number of rotatable bonds is 3. The molecule has 26 heavy (non-hydrogen) atoms. The number of likely N-dealkylation sites (tertiary alicyclic amines) is 1. The summed E-state index contributed by atoms with van der Waals surface area (Å²) in [6.45, 7) is 6.53. The van der Waals surface area contributed by atoms with E-state index in [1.807, 2.05) is 23.2 Å². The van der Waals surface area contributed by atoms with Crippen LogP contribution in [0.1, 0.15) is 34.7 Å². The topological polar surface area (TPSA) is 71.7 Å². The van der Waals surface area contributed by atoms with E-state index in [0.29, 0.717) is 24.4 Å². The van der Waals surface area contributed by atoms with Crippen molar-refractivity contribution in [3.8, 4) is 0 Å². The molecule has 2 aliphatic rings. The fourth-order valence-corrected chi connectivity index (χ4v) is 3.87. The van der Waals surface area contributed by atoms with E-state index in [9.17, 15) is 4.79 Å². The lowest BCUT2D eigenvalue weighted by atomic mass is 9.89. The molecule has 1 amide bonds. The number of amides is 1. The molecule has 0 aliphatic carbocycles. The summed E-state index contributed by atoms with van der Waals surface area (Å²) < 4.78 is 11.2. The normalized spacial score (nSPS) is 20.4. The van der Waals surface area contributed by atoms with E-state index in [2.05, 4.69) is 21.1 Å². The maximum Gasteiger partial charge on any atom is 0.259 e. The van der Waals surface area contributed by atoms with E-state index in [1.165, 1.54) is 6.20 Å². The zero-order chi connectivity index (χ0) is 18.0. The molecule has 2 aromatic rings. The van der Waals surface area contributed by atoms with Gasteiger partial charge in [-0.15, -0.1) is 0 Å². The minimum absolute atomic E-state index is 0.000230. The number of piperidine rings is 1. The van der Waals surface area contributed by atoms with Gasteiger partial charge in [0, 0.05) is 38.9 Å². The predicted octanol–water partition coefficient (Wildman–Crippen LogP) is 1.89. The van der Waals surface area contributed by atoms with Gasteiger partial charge in [0.2, 0.25) is 0 Å². The number of nitrogens with zero attached hydrogens (tertiary/aromatic N) is 4. The summed E-state index contributed by atoms with van der Waals surface area (Å²) in [4.78, 5) is 21.3. The molecule has 7 heteroatoms. The quantitative estimate of drug-likeness (QED) is 0.836. The van der Waals surface area contributed by atoms with Crippen molar-refractivity contribution in [3.05, 3.63) is 47.6 Å². The molecule has 0 bridgehead atoms. The highest BCUT2D eigenvalue weighted by Crippen LogP contribution is 2.31. The minimum Gasteiger partial charge on any atom is -0.372 e. The smallest absolute Gasteiger partial charge is 0.259 e. The Kier molecular flexibility index (Phi) is 4.74. The average Bonchev–Trinajstić information content (AvgIpc) is 3.09. The SMILES string of the molecule is Cc1oncc1C(=O)N1CCC2(CC1)CN(Cc1ccccn1)CCO2. The molecule has 4 rings (SSSR count). The van der Waals surface area contributed by atoms with Crippen LogP contribution in [0.25, 0.3) is 0 Å². The molecule has 0 aromatic carbocycles. The van der Waals surface area contributed by atoms with Crippen LogP contribution in [0.15, 0.2) is 35.1 Å². The summed E-state index contributed by atoms with van der Waals surface area (Å²) in [5.41, 5.74) is 1.48. The van der Waals surface area contributed by atoms with Gasteiger partial charge in [0.05, 0.1) is 24.1 Å². The third-order valence-corrected chi connectivity index (χ3v) is 5.38. The number of aryl methyl sites for hydroxylation is 1. The average molecular weight is 356 g/mol. The van der Waals surface area contributed by atoms with Gasteiger partial charge < -0.3 is 14.2 Å². The molecule has 1 spiro atoms. The van der Waals surface area contributed by atoms with Crippen molar-refractivity contribution in [3.63, 3.8) is 0 Å². The zero-order valence-electron chi connectivity index (χ0n) is 15.1. The molecule has 138 valence electrons. The number of hydrogen-bond acceptors (Lipinski definition) is 6. The Labute approximate surface area is 152 Å². The first-order valence-electron chi connectivity index (χ1n) is 9.12. The Bertz CT molecular complexity index is 753. The third kappa shape index (κ3) is 3.50. The van der Waals surface area contributed by atoms with E-state index < -0.39 is 0 Å². The van der Waals surface area contributed by atoms with Crippen LogP contribution >= 0.6 is 0 Å². The number of carbonyl (C=O) groups excluding carboxylic acids is 1. The van der Waals surface area contributed by atoms with E-state index in [4.69, 9.17) is 9.26 Å².